The summed E-state index contributed by atoms with van der Waals surface area (Å²) in [5.41, 5.74) is 1.48. The molecule has 0 spiro atoms. The first-order valence-corrected chi connectivity index (χ1v) is 6.57. The molecule has 3 nitrogen and oxygen atoms in total. The number of aliphatic hydroxyl groups is 1. The van der Waals surface area contributed by atoms with E-state index < -0.39 is 0 Å². The highest BCUT2D eigenvalue weighted by Crippen LogP contribution is 2.33. The number of nitrogens with zero attached hydrogens (tertiary/aromatic N) is 2. The average molecular weight is 260 g/mol. The fourth-order valence-electron chi connectivity index (χ4n) is 2.48. The molecule has 0 aliphatic rings. The zero-order chi connectivity index (χ0) is 14.7. The highest BCUT2D eigenvalue weighted by molar-refractivity contribution is 5.52. The molecule has 0 unspecified atom stereocenters. The van der Waals surface area contributed by atoms with Gasteiger partial charge in [-0.1, -0.05) is 19.9 Å². The van der Waals surface area contributed by atoms with Crippen molar-refractivity contribution in [3.63, 3.8) is 0 Å². The van der Waals surface area contributed by atoms with Crippen LogP contribution in [0.25, 0.3) is 0 Å². The van der Waals surface area contributed by atoms with Crippen LogP contribution >= 0.6 is 0 Å². The fraction of sp³-hybridized carbons (Fsp3) is 0.562. The molecule has 0 bridgehead atoms. The van der Waals surface area contributed by atoms with Gasteiger partial charge < -0.3 is 10.0 Å². The van der Waals surface area contributed by atoms with E-state index in [1.165, 1.54) is 0 Å². The zero-order valence-electron chi connectivity index (χ0n) is 12.6. The number of benzene rings is 1. The lowest BCUT2D eigenvalue weighted by molar-refractivity contribution is 0.127. The Labute approximate surface area is 116 Å². The highest BCUT2D eigenvalue weighted by Gasteiger charge is 2.31. The summed E-state index contributed by atoms with van der Waals surface area (Å²) in [5, 5.41) is 18.4. The molecule has 0 saturated heterocycles. The van der Waals surface area contributed by atoms with Crippen LogP contribution in [0.3, 0.4) is 0 Å². The van der Waals surface area contributed by atoms with Crippen molar-refractivity contribution in [2.45, 2.75) is 39.7 Å². The van der Waals surface area contributed by atoms with E-state index in [9.17, 15) is 5.11 Å². The Hall–Kier alpha value is -1.53. The van der Waals surface area contributed by atoms with Gasteiger partial charge >= 0.3 is 0 Å². The molecular weight excluding hydrogens is 236 g/mol. The molecule has 0 aromatic heterocycles. The van der Waals surface area contributed by atoms with Crippen molar-refractivity contribution >= 4 is 5.69 Å². The molecule has 1 N–H and O–H groups in total. The standard InChI is InChI=1S/C16H24N2O/c1-15(2,12-19)11-16(3,4)18(5)14-8-6-7-13(9-14)10-17/h6-9,19H,11-12H2,1-5H3. The molecule has 0 aliphatic carbocycles. The van der Waals surface area contributed by atoms with Crippen LogP contribution < -0.4 is 4.90 Å². The third-order valence-corrected chi connectivity index (χ3v) is 3.61. The van der Waals surface area contributed by atoms with Crippen molar-refractivity contribution in [3.8, 4) is 6.07 Å². The first kappa shape index (κ1) is 15.5. The van der Waals surface area contributed by atoms with Crippen LogP contribution in [0.2, 0.25) is 0 Å². The number of rotatable bonds is 5. The van der Waals surface area contributed by atoms with E-state index in [1.807, 2.05) is 31.3 Å². The SMILES string of the molecule is CN(c1cccc(C#N)c1)C(C)(C)CC(C)(C)CO. The third-order valence-electron chi connectivity index (χ3n) is 3.61. The summed E-state index contributed by atoms with van der Waals surface area (Å²) in [5.74, 6) is 0. The molecule has 104 valence electrons. The summed E-state index contributed by atoms with van der Waals surface area (Å²) in [6, 6.07) is 9.78. The van der Waals surface area contributed by atoms with Gasteiger partial charge in [-0.2, -0.15) is 5.26 Å². The molecule has 1 rings (SSSR count). The maximum Gasteiger partial charge on any atom is 0.0992 e. The maximum atomic E-state index is 9.43. The molecule has 1 aromatic rings. The monoisotopic (exact) mass is 260 g/mol. The van der Waals surface area contributed by atoms with Crippen LogP contribution in [0.15, 0.2) is 24.3 Å². The van der Waals surface area contributed by atoms with Gasteiger partial charge in [0.2, 0.25) is 0 Å². The van der Waals surface area contributed by atoms with E-state index in [0.717, 1.165) is 12.1 Å². The van der Waals surface area contributed by atoms with Gasteiger partial charge in [-0.25, -0.2) is 0 Å². The Morgan fingerprint density at radius 2 is 1.89 bits per heavy atom. The lowest BCUT2D eigenvalue weighted by Crippen LogP contribution is -2.45. The molecule has 0 radical (unpaired) electrons. The summed E-state index contributed by atoms with van der Waals surface area (Å²) >= 11 is 0. The summed E-state index contributed by atoms with van der Waals surface area (Å²) in [4.78, 5) is 2.17. The second kappa shape index (κ2) is 5.63. The summed E-state index contributed by atoms with van der Waals surface area (Å²) in [6.07, 6.45) is 0.865. The minimum atomic E-state index is -0.120. The Balaban J connectivity index is 2.97. The van der Waals surface area contributed by atoms with Gasteiger partial charge in [0.25, 0.3) is 0 Å². The van der Waals surface area contributed by atoms with E-state index >= 15 is 0 Å². The molecule has 0 atom stereocenters. The van der Waals surface area contributed by atoms with Crippen LogP contribution in [0.4, 0.5) is 5.69 Å². The van der Waals surface area contributed by atoms with Gasteiger partial charge in [0.05, 0.1) is 11.6 Å². The predicted octanol–water partition coefficient (Wildman–Crippen LogP) is 3.18. The van der Waals surface area contributed by atoms with Gasteiger partial charge in [-0.3, -0.25) is 0 Å². The number of anilines is 1. The molecule has 1 aromatic carbocycles. The second-order valence-corrected chi connectivity index (χ2v) is 6.53. The molecule has 3 heteroatoms. The van der Waals surface area contributed by atoms with E-state index in [2.05, 4.69) is 38.7 Å². The second-order valence-electron chi connectivity index (χ2n) is 6.53. The van der Waals surface area contributed by atoms with E-state index in [0.29, 0.717) is 5.56 Å². The van der Waals surface area contributed by atoms with E-state index in [-0.39, 0.29) is 17.6 Å². The topological polar surface area (TPSA) is 47.3 Å². The van der Waals surface area contributed by atoms with E-state index in [4.69, 9.17) is 5.26 Å². The Kier molecular flexibility index (Phi) is 4.60. The molecule has 0 amide bonds. The van der Waals surface area contributed by atoms with Crippen molar-refractivity contribution in [1.29, 1.82) is 5.26 Å². The average Bonchev–Trinajstić information content (AvgIpc) is 2.36. The smallest absolute Gasteiger partial charge is 0.0992 e. The van der Waals surface area contributed by atoms with Crippen LogP contribution in [0, 0.1) is 16.7 Å². The molecule has 0 saturated carbocycles. The predicted molar refractivity (Wildman–Crippen MR) is 79.1 cm³/mol. The minimum Gasteiger partial charge on any atom is -0.396 e. The zero-order valence-corrected chi connectivity index (χ0v) is 12.6. The molecular formula is C16H24N2O. The Morgan fingerprint density at radius 3 is 2.42 bits per heavy atom. The number of hydrogen-bond donors (Lipinski definition) is 1. The molecule has 0 fully saturated rings. The minimum absolute atomic E-state index is 0.0969. The van der Waals surface area contributed by atoms with Gasteiger partial charge in [-0.15, -0.1) is 0 Å². The van der Waals surface area contributed by atoms with Crippen LogP contribution in [0.1, 0.15) is 39.7 Å². The fourth-order valence-corrected chi connectivity index (χ4v) is 2.48. The van der Waals surface area contributed by atoms with Crippen molar-refractivity contribution in [1.82, 2.24) is 0 Å². The number of aliphatic hydroxyl groups excluding tert-OH is 1. The van der Waals surface area contributed by atoms with E-state index in [1.54, 1.807) is 0 Å². The summed E-state index contributed by atoms with van der Waals surface area (Å²) < 4.78 is 0. The highest BCUT2D eigenvalue weighted by atomic mass is 16.3. The quantitative estimate of drug-likeness (QED) is 0.884. The van der Waals surface area contributed by atoms with Crippen LogP contribution in [-0.2, 0) is 0 Å². The summed E-state index contributed by atoms with van der Waals surface area (Å²) in [6.45, 7) is 8.61. The lowest BCUT2D eigenvalue weighted by Gasteiger charge is -2.42. The van der Waals surface area contributed by atoms with Gasteiger partial charge in [0.15, 0.2) is 0 Å². The first-order chi connectivity index (χ1) is 8.72. The number of hydrogen-bond acceptors (Lipinski definition) is 3. The third kappa shape index (κ3) is 3.97. The van der Waals surface area contributed by atoms with Gasteiger partial charge in [0.1, 0.15) is 0 Å². The van der Waals surface area contributed by atoms with Crippen molar-refractivity contribution < 1.29 is 5.11 Å². The van der Waals surface area contributed by atoms with Crippen molar-refractivity contribution in [2.75, 3.05) is 18.6 Å². The molecule has 19 heavy (non-hydrogen) atoms. The van der Waals surface area contributed by atoms with Gasteiger partial charge in [0, 0.05) is 24.9 Å². The molecule has 0 aliphatic heterocycles. The van der Waals surface area contributed by atoms with Crippen molar-refractivity contribution in [3.05, 3.63) is 29.8 Å². The summed E-state index contributed by atoms with van der Waals surface area (Å²) in [7, 11) is 2.03. The Morgan fingerprint density at radius 1 is 1.26 bits per heavy atom. The normalized spacial score (nSPS) is 12.1. The first-order valence-electron chi connectivity index (χ1n) is 6.57. The maximum absolute atomic E-state index is 9.43. The van der Waals surface area contributed by atoms with Crippen molar-refractivity contribution in [2.24, 2.45) is 5.41 Å². The number of nitriles is 1. The lowest BCUT2D eigenvalue weighted by atomic mass is 9.80. The van der Waals surface area contributed by atoms with Crippen LogP contribution in [0.5, 0.6) is 0 Å². The van der Waals surface area contributed by atoms with Gasteiger partial charge in [-0.05, 0) is 43.9 Å². The largest absolute Gasteiger partial charge is 0.396 e. The Bertz CT molecular complexity index is 472. The molecule has 0 heterocycles. The van der Waals surface area contributed by atoms with Crippen LogP contribution in [-0.4, -0.2) is 24.3 Å².